The molecule has 0 saturated carbocycles. The lowest BCUT2D eigenvalue weighted by Crippen LogP contribution is -2.17. The molecular formula is C10H13BrClN. The average Bonchev–Trinajstić information content (AvgIpc) is 2.08. The van der Waals surface area contributed by atoms with Gasteiger partial charge < -0.3 is 5.73 Å². The van der Waals surface area contributed by atoms with Gasteiger partial charge in [0.1, 0.15) is 0 Å². The fourth-order valence-electron chi connectivity index (χ4n) is 1.13. The fourth-order valence-corrected chi connectivity index (χ4v) is 1.75. The van der Waals surface area contributed by atoms with Crippen LogP contribution in [-0.2, 0) is 0 Å². The number of hydrogen-bond donors (Lipinski definition) is 1. The zero-order valence-corrected chi connectivity index (χ0v) is 10.1. The molecule has 0 bridgehead atoms. The Morgan fingerprint density at radius 2 is 2.00 bits per heavy atom. The number of rotatable bonds is 2. The minimum atomic E-state index is 0.00463. The number of nitrogens with two attached hydrogens (primary N) is 1. The normalized spacial score (nSPS) is 13.4. The van der Waals surface area contributed by atoms with E-state index in [9.17, 15) is 0 Å². The Balaban J connectivity index is 3.05. The zero-order chi connectivity index (χ0) is 10.0. The van der Waals surface area contributed by atoms with E-state index < -0.39 is 0 Å². The van der Waals surface area contributed by atoms with Crippen LogP contribution in [0.2, 0.25) is 5.02 Å². The van der Waals surface area contributed by atoms with Crippen molar-refractivity contribution in [1.82, 2.24) is 0 Å². The Hall–Kier alpha value is -0.0500. The van der Waals surface area contributed by atoms with Gasteiger partial charge in [-0.2, -0.15) is 0 Å². The van der Waals surface area contributed by atoms with Gasteiger partial charge in [0.25, 0.3) is 0 Å². The second-order valence-electron chi connectivity index (χ2n) is 3.44. The summed E-state index contributed by atoms with van der Waals surface area (Å²) in [6.45, 7) is 4.17. The van der Waals surface area contributed by atoms with Crippen molar-refractivity contribution in [1.29, 1.82) is 0 Å². The van der Waals surface area contributed by atoms with Crippen molar-refractivity contribution in [3.8, 4) is 0 Å². The molecule has 0 spiro atoms. The van der Waals surface area contributed by atoms with E-state index in [1.165, 1.54) is 0 Å². The number of benzene rings is 1. The first-order valence-electron chi connectivity index (χ1n) is 4.23. The fraction of sp³-hybridized carbons (Fsp3) is 0.400. The lowest BCUT2D eigenvalue weighted by Gasteiger charge is -2.17. The first-order chi connectivity index (χ1) is 6.02. The molecule has 0 heterocycles. The van der Waals surface area contributed by atoms with Crippen LogP contribution in [0.25, 0.3) is 0 Å². The Bertz CT molecular complexity index is 299. The molecule has 0 aliphatic heterocycles. The molecule has 1 nitrogen and oxygen atoms in total. The largest absolute Gasteiger partial charge is 0.324 e. The van der Waals surface area contributed by atoms with Gasteiger partial charge in [0.15, 0.2) is 0 Å². The third-order valence-electron chi connectivity index (χ3n) is 2.04. The van der Waals surface area contributed by atoms with Gasteiger partial charge in [-0.15, -0.1) is 0 Å². The highest BCUT2D eigenvalue weighted by molar-refractivity contribution is 9.10. The smallest absolute Gasteiger partial charge is 0.0454 e. The highest BCUT2D eigenvalue weighted by atomic mass is 79.9. The SMILES string of the molecule is CC(C)[C@H](N)c1cc(Br)ccc1Cl. The average molecular weight is 263 g/mol. The third-order valence-corrected chi connectivity index (χ3v) is 2.87. The molecule has 72 valence electrons. The van der Waals surface area contributed by atoms with Gasteiger partial charge in [0.2, 0.25) is 0 Å². The van der Waals surface area contributed by atoms with Crippen molar-refractivity contribution < 1.29 is 0 Å². The molecule has 13 heavy (non-hydrogen) atoms. The van der Waals surface area contributed by atoms with E-state index in [-0.39, 0.29) is 6.04 Å². The minimum absolute atomic E-state index is 0.00463. The van der Waals surface area contributed by atoms with Crippen molar-refractivity contribution in [2.24, 2.45) is 11.7 Å². The quantitative estimate of drug-likeness (QED) is 0.863. The summed E-state index contributed by atoms with van der Waals surface area (Å²) in [5.74, 6) is 0.395. The molecule has 0 aliphatic carbocycles. The van der Waals surface area contributed by atoms with E-state index in [0.29, 0.717) is 5.92 Å². The van der Waals surface area contributed by atoms with Crippen LogP contribution in [0, 0.1) is 5.92 Å². The Kier molecular flexibility index (Phi) is 3.77. The van der Waals surface area contributed by atoms with Gasteiger partial charge in [0, 0.05) is 15.5 Å². The van der Waals surface area contributed by atoms with Crippen LogP contribution >= 0.6 is 27.5 Å². The predicted octanol–water partition coefficient (Wildman–Crippen LogP) is 3.76. The molecule has 3 heteroatoms. The number of halogens is 2. The van der Waals surface area contributed by atoms with Crippen LogP contribution in [-0.4, -0.2) is 0 Å². The summed E-state index contributed by atoms with van der Waals surface area (Å²) in [6.07, 6.45) is 0. The van der Waals surface area contributed by atoms with Crippen LogP contribution in [0.5, 0.6) is 0 Å². The van der Waals surface area contributed by atoms with Gasteiger partial charge in [0.05, 0.1) is 0 Å². The molecule has 0 unspecified atom stereocenters. The van der Waals surface area contributed by atoms with Crippen molar-refractivity contribution in [3.63, 3.8) is 0 Å². The van der Waals surface area contributed by atoms with E-state index in [1.807, 2.05) is 18.2 Å². The Morgan fingerprint density at radius 3 is 2.54 bits per heavy atom. The molecule has 1 aromatic rings. The highest BCUT2D eigenvalue weighted by Crippen LogP contribution is 2.28. The third kappa shape index (κ3) is 2.70. The zero-order valence-electron chi connectivity index (χ0n) is 7.72. The van der Waals surface area contributed by atoms with E-state index in [0.717, 1.165) is 15.1 Å². The van der Waals surface area contributed by atoms with Crippen molar-refractivity contribution in [2.75, 3.05) is 0 Å². The van der Waals surface area contributed by atoms with Gasteiger partial charge in [-0.3, -0.25) is 0 Å². The summed E-state index contributed by atoms with van der Waals surface area (Å²) < 4.78 is 1.02. The van der Waals surface area contributed by atoms with Crippen molar-refractivity contribution >= 4 is 27.5 Å². The van der Waals surface area contributed by atoms with Crippen LogP contribution in [0.4, 0.5) is 0 Å². The second kappa shape index (κ2) is 4.45. The predicted molar refractivity (Wildman–Crippen MR) is 60.9 cm³/mol. The maximum atomic E-state index is 6.03. The molecule has 2 N–H and O–H groups in total. The van der Waals surface area contributed by atoms with E-state index in [4.69, 9.17) is 17.3 Å². The molecular weight excluding hydrogens is 249 g/mol. The minimum Gasteiger partial charge on any atom is -0.324 e. The molecule has 0 aliphatic rings. The molecule has 0 amide bonds. The first kappa shape index (κ1) is 11.0. The Morgan fingerprint density at radius 1 is 1.38 bits per heavy atom. The van der Waals surface area contributed by atoms with Gasteiger partial charge in [-0.1, -0.05) is 41.4 Å². The second-order valence-corrected chi connectivity index (χ2v) is 4.76. The standard InChI is InChI=1S/C10H13BrClN/c1-6(2)10(13)8-5-7(11)3-4-9(8)12/h3-6,10H,13H2,1-2H3/t10-/m0/s1. The van der Waals surface area contributed by atoms with Gasteiger partial charge in [-0.25, -0.2) is 0 Å². The summed E-state index contributed by atoms with van der Waals surface area (Å²) in [6, 6.07) is 5.76. The maximum absolute atomic E-state index is 6.03. The summed E-state index contributed by atoms with van der Waals surface area (Å²) in [5, 5.41) is 0.740. The molecule has 0 saturated heterocycles. The van der Waals surface area contributed by atoms with Crippen molar-refractivity contribution in [3.05, 3.63) is 33.3 Å². The van der Waals surface area contributed by atoms with E-state index in [2.05, 4.69) is 29.8 Å². The Labute approximate surface area is 92.4 Å². The molecule has 1 aromatic carbocycles. The lowest BCUT2D eigenvalue weighted by molar-refractivity contribution is 0.514. The highest BCUT2D eigenvalue weighted by Gasteiger charge is 2.13. The lowest BCUT2D eigenvalue weighted by atomic mass is 9.97. The topological polar surface area (TPSA) is 26.0 Å². The van der Waals surface area contributed by atoms with Gasteiger partial charge >= 0.3 is 0 Å². The first-order valence-corrected chi connectivity index (χ1v) is 5.40. The molecule has 1 atom stereocenters. The molecule has 0 radical (unpaired) electrons. The van der Waals surface area contributed by atoms with Gasteiger partial charge in [-0.05, 0) is 29.7 Å². The van der Waals surface area contributed by atoms with Crippen molar-refractivity contribution in [2.45, 2.75) is 19.9 Å². The molecule has 0 aromatic heterocycles. The summed E-state index contributed by atoms with van der Waals surface area (Å²) in [4.78, 5) is 0. The van der Waals surface area contributed by atoms with Crippen LogP contribution in [0.1, 0.15) is 25.5 Å². The summed E-state index contributed by atoms with van der Waals surface area (Å²) in [7, 11) is 0. The molecule has 1 rings (SSSR count). The summed E-state index contributed by atoms with van der Waals surface area (Å²) in [5.41, 5.74) is 7.01. The monoisotopic (exact) mass is 261 g/mol. The number of hydrogen-bond acceptors (Lipinski definition) is 1. The van der Waals surface area contributed by atoms with Crippen LogP contribution < -0.4 is 5.73 Å². The molecule has 0 fully saturated rings. The maximum Gasteiger partial charge on any atom is 0.0454 e. The summed E-state index contributed by atoms with van der Waals surface area (Å²) >= 11 is 9.43. The van der Waals surface area contributed by atoms with E-state index >= 15 is 0 Å². The van der Waals surface area contributed by atoms with Crippen LogP contribution in [0.3, 0.4) is 0 Å². The van der Waals surface area contributed by atoms with Crippen LogP contribution in [0.15, 0.2) is 22.7 Å². The van der Waals surface area contributed by atoms with E-state index in [1.54, 1.807) is 0 Å².